The molecule has 5 nitrogen and oxygen atoms in total. The molecule has 2 aromatic carbocycles. The molecule has 22 heavy (non-hydrogen) atoms. The van der Waals surface area contributed by atoms with Crippen LogP contribution in [0.3, 0.4) is 0 Å². The zero-order valence-electron chi connectivity index (χ0n) is 12.1. The van der Waals surface area contributed by atoms with Gasteiger partial charge >= 0.3 is 0 Å². The number of phenols is 1. The second-order valence-electron chi connectivity index (χ2n) is 5.11. The molecule has 0 aliphatic carbocycles. The summed E-state index contributed by atoms with van der Waals surface area (Å²) in [5.74, 6) is 0.293. The molecule has 1 heterocycles. The number of anilines is 1. The molecular weight excluding hydrogens is 298 g/mol. The van der Waals surface area contributed by atoms with Crippen LogP contribution in [0.5, 0.6) is 5.75 Å². The van der Waals surface area contributed by atoms with Gasteiger partial charge in [-0.15, -0.1) is 4.91 Å². The van der Waals surface area contributed by atoms with E-state index in [0.29, 0.717) is 11.4 Å². The van der Waals surface area contributed by atoms with Crippen LogP contribution in [0.15, 0.2) is 58.6 Å². The van der Waals surface area contributed by atoms with Crippen molar-refractivity contribution in [3.05, 3.63) is 53.4 Å². The maximum absolute atomic E-state index is 10.6. The molecule has 0 atom stereocenters. The van der Waals surface area contributed by atoms with E-state index in [9.17, 15) is 10.0 Å². The lowest BCUT2D eigenvalue weighted by Crippen LogP contribution is -2.43. The molecule has 0 spiro atoms. The minimum atomic E-state index is 0.293. The normalized spacial score (nSPS) is 15.7. The number of rotatable bonds is 4. The van der Waals surface area contributed by atoms with Crippen molar-refractivity contribution in [1.82, 2.24) is 4.31 Å². The van der Waals surface area contributed by atoms with E-state index in [-0.39, 0.29) is 0 Å². The summed E-state index contributed by atoms with van der Waals surface area (Å²) in [7, 11) is 0. The molecule has 1 N–H and O–H groups in total. The molecule has 0 unspecified atom stereocenters. The molecule has 1 aliphatic rings. The highest BCUT2D eigenvalue weighted by Gasteiger charge is 2.18. The Kier molecular flexibility index (Phi) is 4.60. The Morgan fingerprint density at radius 2 is 1.73 bits per heavy atom. The largest absolute Gasteiger partial charge is 0.508 e. The van der Waals surface area contributed by atoms with E-state index in [1.807, 2.05) is 30.3 Å². The number of nitrogens with zero attached hydrogens (tertiary/aromatic N) is 3. The van der Waals surface area contributed by atoms with Gasteiger partial charge in [-0.2, -0.15) is 0 Å². The van der Waals surface area contributed by atoms with Crippen LogP contribution in [0.1, 0.15) is 0 Å². The molecule has 6 heteroatoms. The van der Waals surface area contributed by atoms with Crippen LogP contribution in [0.4, 0.5) is 11.4 Å². The van der Waals surface area contributed by atoms with Gasteiger partial charge in [-0.1, -0.05) is 6.07 Å². The quantitative estimate of drug-likeness (QED) is 0.690. The number of nitroso groups, excluding NO2 is 1. The highest BCUT2D eigenvalue weighted by atomic mass is 32.2. The molecule has 1 aliphatic heterocycles. The van der Waals surface area contributed by atoms with Gasteiger partial charge in [0.2, 0.25) is 0 Å². The highest BCUT2D eigenvalue weighted by molar-refractivity contribution is 7.97. The van der Waals surface area contributed by atoms with Crippen molar-refractivity contribution in [2.45, 2.75) is 4.90 Å². The third-order valence-corrected chi connectivity index (χ3v) is 4.70. The monoisotopic (exact) mass is 315 g/mol. The third kappa shape index (κ3) is 3.58. The van der Waals surface area contributed by atoms with Gasteiger partial charge in [0.05, 0.1) is 0 Å². The van der Waals surface area contributed by atoms with Gasteiger partial charge in [-0.05, 0) is 59.6 Å². The SMILES string of the molecule is O=Nc1cccc(SN2CCN(c3ccc(O)cc3)CC2)c1. The van der Waals surface area contributed by atoms with Crippen molar-refractivity contribution < 1.29 is 5.11 Å². The van der Waals surface area contributed by atoms with Crippen molar-refractivity contribution in [2.75, 3.05) is 31.1 Å². The lowest BCUT2D eigenvalue weighted by atomic mass is 10.2. The molecule has 3 rings (SSSR count). The maximum Gasteiger partial charge on any atom is 0.115 e. The van der Waals surface area contributed by atoms with Crippen molar-refractivity contribution in [2.24, 2.45) is 5.18 Å². The van der Waals surface area contributed by atoms with Crippen molar-refractivity contribution in [3.63, 3.8) is 0 Å². The Morgan fingerprint density at radius 3 is 2.41 bits per heavy atom. The second-order valence-corrected chi connectivity index (χ2v) is 6.28. The van der Waals surface area contributed by atoms with Gasteiger partial charge in [0.15, 0.2) is 0 Å². The van der Waals surface area contributed by atoms with E-state index in [2.05, 4.69) is 14.4 Å². The van der Waals surface area contributed by atoms with Crippen LogP contribution in [0.2, 0.25) is 0 Å². The van der Waals surface area contributed by atoms with Crippen LogP contribution in [-0.2, 0) is 0 Å². The summed E-state index contributed by atoms with van der Waals surface area (Å²) in [5.41, 5.74) is 1.60. The zero-order chi connectivity index (χ0) is 15.4. The minimum absolute atomic E-state index is 0.293. The first-order valence-electron chi connectivity index (χ1n) is 7.15. The number of piperazine rings is 1. The molecule has 1 saturated heterocycles. The Morgan fingerprint density at radius 1 is 1.00 bits per heavy atom. The van der Waals surface area contributed by atoms with E-state index < -0.39 is 0 Å². The molecule has 0 radical (unpaired) electrons. The van der Waals surface area contributed by atoms with E-state index >= 15 is 0 Å². The van der Waals surface area contributed by atoms with Gasteiger partial charge in [-0.25, -0.2) is 4.31 Å². The van der Waals surface area contributed by atoms with Gasteiger partial charge in [0.1, 0.15) is 11.4 Å². The minimum Gasteiger partial charge on any atom is -0.508 e. The number of benzene rings is 2. The zero-order valence-corrected chi connectivity index (χ0v) is 12.9. The van der Waals surface area contributed by atoms with Gasteiger partial charge in [-0.3, -0.25) is 0 Å². The summed E-state index contributed by atoms with van der Waals surface area (Å²) in [5, 5.41) is 12.3. The molecule has 0 aromatic heterocycles. The Labute approximate surface area is 133 Å². The summed E-state index contributed by atoms with van der Waals surface area (Å²) in [6.45, 7) is 3.74. The molecule has 0 amide bonds. The first kappa shape index (κ1) is 14.9. The lowest BCUT2D eigenvalue weighted by Gasteiger charge is -2.35. The van der Waals surface area contributed by atoms with E-state index in [1.165, 1.54) is 0 Å². The molecule has 0 bridgehead atoms. The lowest BCUT2D eigenvalue weighted by molar-refractivity contribution is 0.429. The fraction of sp³-hybridized carbons (Fsp3) is 0.250. The first-order chi connectivity index (χ1) is 10.7. The van der Waals surface area contributed by atoms with Crippen molar-refractivity contribution >= 4 is 23.3 Å². The number of hydrogen-bond donors (Lipinski definition) is 1. The Balaban J connectivity index is 1.57. The van der Waals surface area contributed by atoms with Gasteiger partial charge in [0, 0.05) is 36.8 Å². The topological polar surface area (TPSA) is 56.1 Å². The molecule has 114 valence electrons. The predicted octanol–water partition coefficient (Wildman–Crippen LogP) is 3.62. The molecular formula is C16H17N3O2S. The highest BCUT2D eigenvalue weighted by Crippen LogP contribution is 2.28. The van der Waals surface area contributed by atoms with Crippen molar-refractivity contribution in [1.29, 1.82) is 0 Å². The summed E-state index contributed by atoms with van der Waals surface area (Å²) in [6, 6.07) is 14.7. The van der Waals surface area contributed by atoms with Crippen molar-refractivity contribution in [3.8, 4) is 5.75 Å². The average Bonchev–Trinajstić information content (AvgIpc) is 2.57. The number of phenolic OH excluding ortho intramolecular Hbond substituents is 1. The second kappa shape index (κ2) is 6.81. The van der Waals surface area contributed by atoms with Crippen LogP contribution < -0.4 is 4.90 Å². The van der Waals surface area contributed by atoms with E-state index in [1.54, 1.807) is 30.1 Å². The average molecular weight is 315 g/mol. The van der Waals surface area contributed by atoms with Crippen LogP contribution >= 0.6 is 11.9 Å². The van der Waals surface area contributed by atoms with Crippen LogP contribution in [0, 0.1) is 4.91 Å². The summed E-state index contributed by atoms with van der Waals surface area (Å²) < 4.78 is 2.29. The predicted molar refractivity (Wildman–Crippen MR) is 89.6 cm³/mol. The summed E-state index contributed by atoms with van der Waals surface area (Å²) in [6.07, 6.45) is 0. The summed E-state index contributed by atoms with van der Waals surface area (Å²) in [4.78, 5) is 13.9. The molecule has 1 fully saturated rings. The fourth-order valence-electron chi connectivity index (χ4n) is 2.45. The first-order valence-corrected chi connectivity index (χ1v) is 7.92. The molecule has 2 aromatic rings. The smallest absolute Gasteiger partial charge is 0.115 e. The van der Waals surface area contributed by atoms with E-state index in [4.69, 9.17) is 0 Å². The molecule has 0 saturated carbocycles. The number of aromatic hydroxyl groups is 1. The third-order valence-electron chi connectivity index (χ3n) is 3.61. The fourth-order valence-corrected chi connectivity index (χ4v) is 3.40. The van der Waals surface area contributed by atoms with Gasteiger partial charge in [0.25, 0.3) is 0 Å². The Hall–Kier alpha value is -2.05. The summed E-state index contributed by atoms with van der Waals surface area (Å²) >= 11 is 1.66. The van der Waals surface area contributed by atoms with Gasteiger partial charge < -0.3 is 10.0 Å². The van der Waals surface area contributed by atoms with Crippen LogP contribution in [-0.4, -0.2) is 35.6 Å². The van der Waals surface area contributed by atoms with E-state index in [0.717, 1.165) is 36.8 Å². The Bertz CT molecular complexity index is 640. The standard InChI is InChI=1S/C16H17N3O2S/c20-15-6-4-14(5-7-15)18-8-10-19(11-9-18)22-16-3-1-2-13(12-16)17-21/h1-7,12,20H,8-11H2. The van der Waals surface area contributed by atoms with Crippen LogP contribution in [0.25, 0.3) is 0 Å². The number of hydrogen-bond acceptors (Lipinski definition) is 6. The maximum atomic E-state index is 10.6.